The SMILES string of the molecule is COC(=O)C1CC2CC2CC1C=O. The number of ether oxygens (including phenoxy) is 1. The molecule has 0 radical (unpaired) electrons. The molecule has 0 aromatic carbocycles. The van der Waals surface area contributed by atoms with E-state index in [2.05, 4.69) is 0 Å². The molecule has 0 bridgehead atoms. The number of esters is 1. The van der Waals surface area contributed by atoms with Gasteiger partial charge in [-0.05, 0) is 31.1 Å². The molecule has 2 aliphatic rings. The number of aldehydes is 1. The van der Waals surface area contributed by atoms with Crippen molar-refractivity contribution < 1.29 is 14.3 Å². The first kappa shape index (κ1) is 8.73. The summed E-state index contributed by atoms with van der Waals surface area (Å²) in [5.41, 5.74) is 0. The third kappa shape index (κ3) is 1.47. The van der Waals surface area contributed by atoms with Crippen molar-refractivity contribution in [3.05, 3.63) is 0 Å². The highest BCUT2D eigenvalue weighted by atomic mass is 16.5. The van der Waals surface area contributed by atoms with Gasteiger partial charge in [0, 0.05) is 5.92 Å². The van der Waals surface area contributed by atoms with Crippen LogP contribution in [-0.2, 0) is 14.3 Å². The van der Waals surface area contributed by atoms with E-state index in [0.717, 1.165) is 25.0 Å². The van der Waals surface area contributed by atoms with Crippen molar-refractivity contribution in [3.8, 4) is 0 Å². The third-order valence-electron chi connectivity index (χ3n) is 3.40. The summed E-state index contributed by atoms with van der Waals surface area (Å²) < 4.78 is 4.69. The molecule has 0 aromatic heterocycles. The minimum absolute atomic E-state index is 0.0869. The van der Waals surface area contributed by atoms with Crippen molar-refractivity contribution in [2.75, 3.05) is 7.11 Å². The number of methoxy groups -OCH3 is 1. The standard InChI is InChI=1S/C10H14O3/c1-13-10(12)9-4-7-2-6(7)3-8(9)5-11/h5-9H,2-4H2,1H3. The first-order valence-corrected chi connectivity index (χ1v) is 4.79. The van der Waals surface area contributed by atoms with E-state index in [-0.39, 0.29) is 17.8 Å². The maximum atomic E-state index is 11.3. The number of hydrogen-bond acceptors (Lipinski definition) is 3. The van der Waals surface area contributed by atoms with Crippen LogP contribution in [0, 0.1) is 23.7 Å². The molecule has 0 aliphatic heterocycles. The van der Waals surface area contributed by atoms with Gasteiger partial charge in [0.2, 0.25) is 0 Å². The number of carbonyl (C=O) groups excluding carboxylic acids is 2. The van der Waals surface area contributed by atoms with Gasteiger partial charge in [-0.25, -0.2) is 0 Å². The summed E-state index contributed by atoms with van der Waals surface area (Å²) in [5, 5.41) is 0. The van der Waals surface area contributed by atoms with Crippen LogP contribution in [-0.4, -0.2) is 19.4 Å². The van der Waals surface area contributed by atoms with E-state index in [0.29, 0.717) is 5.92 Å². The fraction of sp³-hybridized carbons (Fsp3) is 0.800. The van der Waals surface area contributed by atoms with Crippen LogP contribution in [0.5, 0.6) is 0 Å². The van der Waals surface area contributed by atoms with E-state index >= 15 is 0 Å². The highest BCUT2D eigenvalue weighted by Crippen LogP contribution is 2.53. The molecule has 2 aliphatic carbocycles. The zero-order valence-corrected chi connectivity index (χ0v) is 7.73. The summed E-state index contributed by atoms with van der Waals surface area (Å²) >= 11 is 0. The molecule has 3 nitrogen and oxygen atoms in total. The first-order chi connectivity index (χ1) is 6.26. The largest absolute Gasteiger partial charge is 0.469 e. The normalized spacial score (nSPS) is 41.9. The minimum atomic E-state index is -0.206. The van der Waals surface area contributed by atoms with Crippen molar-refractivity contribution >= 4 is 12.3 Å². The molecule has 0 heterocycles. The lowest BCUT2D eigenvalue weighted by atomic mass is 9.80. The zero-order valence-electron chi connectivity index (χ0n) is 7.73. The van der Waals surface area contributed by atoms with E-state index < -0.39 is 0 Å². The summed E-state index contributed by atoms with van der Waals surface area (Å²) in [6.07, 6.45) is 3.89. The third-order valence-corrected chi connectivity index (χ3v) is 3.40. The molecule has 72 valence electrons. The topological polar surface area (TPSA) is 43.4 Å². The number of fused-ring (bicyclic) bond motifs is 1. The van der Waals surface area contributed by atoms with E-state index in [4.69, 9.17) is 4.74 Å². The molecule has 4 atom stereocenters. The second-order valence-corrected chi connectivity index (χ2v) is 4.16. The van der Waals surface area contributed by atoms with Gasteiger partial charge in [-0.2, -0.15) is 0 Å². The summed E-state index contributed by atoms with van der Waals surface area (Å²) in [7, 11) is 1.39. The van der Waals surface area contributed by atoms with Gasteiger partial charge >= 0.3 is 5.97 Å². The lowest BCUT2D eigenvalue weighted by Crippen LogP contribution is -2.30. The summed E-state index contributed by atoms with van der Waals surface area (Å²) in [6.45, 7) is 0. The molecule has 0 spiro atoms. The van der Waals surface area contributed by atoms with Gasteiger partial charge in [0.25, 0.3) is 0 Å². The average molecular weight is 182 g/mol. The Bertz CT molecular complexity index is 236. The Kier molecular flexibility index (Phi) is 2.10. The van der Waals surface area contributed by atoms with Crippen LogP contribution in [0.15, 0.2) is 0 Å². The van der Waals surface area contributed by atoms with Crippen LogP contribution in [0.2, 0.25) is 0 Å². The summed E-state index contributed by atoms with van der Waals surface area (Å²) in [4.78, 5) is 22.1. The molecule has 3 heteroatoms. The molecule has 4 unspecified atom stereocenters. The molecule has 2 fully saturated rings. The van der Waals surface area contributed by atoms with E-state index in [1.54, 1.807) is 0 Å². The Balaban J connectivity index is 2.05. The van der Waals surface area contributed by atoms with Crippen molar-refractivity contribution in [2.24, 2.45) is 23.7 Å². The maximum absolute atomic E-state index is 11.3. The van der Waals surface area contributed by atoms with Crippen molar-refractivity contribution in [1.29, 1.82) is 0 Å². The smallest absolute Gasteiger partial charge is 0.309 e. The highest BCUT2D eigenvalue weighted by Gasteiger charge is 2.48. The van der Waals surface area contributed by atoms with Crippen LogP contribution in [0.3, 0.4) is 0 Å². The number of carbonyl (C=O) groups is 2. The maximum Gasteiger partial charge on any atom is 0.309 e. The van der Waals surface area contributed by atoms with Crippen molar-refractivity contribution in [1.82, 2.24) is 0 Å². The second kappa shape index (κ2) is 3.13. The Morgan fingerprint density at radius 3 is 2.62 bits per heavy atom. The fourth-order valence-electron chi connectivity index (χ4n) is 2.48. The van der Waals surface area contributed by atoms with Gasteiger partial charge in [-0.1, -0.05) is 0 Å². The van der Waals surface area contributed by atoms with Gasteiger partial charge in [0.05, 0.1) is 13.0 Å². The van der Waals surface area contributed by atoms with E-state index in [1.165, 1.54) is 13.5 Å². The van der Waals surface area contributed by atoms with Crippen molar-refractivity contribution in [3.63, 3.8) is 0 Å². The Morgan fingerprint density at radius 2 is 2.00 bits per heavy atom. The average Bonchev–Trinajstić information content (AvgIpc) is 2.92. The lowest BCUT2D eigenvalue weighted by Gasteiger charge is -2.24. The molecule has 2 saturated carbocycles. The van der Waals surface area contributed by atoms with Gasteiger partial charge in [-0.15, -0.1) is 0 Å². The Labute approximate surface area is 77.4 Å². The number of rotatable bonds is 2. The predicted molar refractivity (Wildman–Crippen MR) is 45.9 cm³/mol. The van der Waals surface area contributed by atoms with Gasteiger partial charge in [-0.3, -0.25) is 4.79 Å². The predicted octanol–water partition coefficient (Wildman–Crippen LogP) is 1.02. The lowest BCUT2D eigenvalue weighted by molar-refractivity contribution is -0.150. The van der Waals surface area contributed by atoms with Crippen LogP contribution < -0.4 is 0 Å². The van der Waals surface area contributed by atoms with Crippen LogP contribution in [0.4, 0.5) is 0 Å². The van der Waals surface area contributed by atoms with E-state index in [9.17, 15) is 9.59 Å². The number of hydrogen-bond donors (Lipinski definition) is 0. The first-order valence-electron chi connectivity index (χ1n) is 4.79. The van der Waals surface area contributed by atoms with Gasteiger partial charge in [0.15, 0.2) is 0 Å². The van der Waals surface area contributed by atoms with Crippen LogP contribution >= 0.6 is 0 Å². The fourth-order valence-corrected chi connectivity index (χ4v) is 2.48. The van der Waals surface area contributed by atoms with Crippen LogP contribution in [0.1, 0.15) is 19.3 Å². The molecule has 0 aromatic rings. The monoisotopic (exact) mass is 182 g/mol. The highest BCUT2D eigenvalue weighted by molar-refractivity contribution is 5.77. The van der Waals surface area contributed by atoms with Crippen LogP contribution in [0.25, 0.3) is 0 Å². The molecule has 0 amide bonds. The van der Waals surface area contributed by atoms with E-state index in [1.807, 2.05) is 0 Å². The molecular formula is C10H14O3. The Morgan fingerprint density at radius 1 is 1.31 bits per heavy atom. The van der Waals surface area contributed by atoms with Gasteiger partial charge < -0.3 is 9.53 Å². The van der Waals surface area contributed by atoms with Gasteiger partial charge in [0.1, 0.15) is 6.29 Å². The summed E-state index contributed by atoms with van der Waals surface area (Å²) in [6, 6.07) is 0. The quantitative estimate of drug-likeness (QED) is 0.473. The van der Waals surface area contributed by atoms with Crippen molar-refractivity contribution in [2.45, 2.75) is 19.3 Å². The molecule has 2 rings (SSSR count). The summed E-state index contributed by atoms with van der Waals surface area (Å²) in [5.74, 6) is 0.960. The molecule has 0 saturated heterocycles. The molecule has 0 N–H and O–H groups in total. The molecule has 13 heavy (non-hydrogen) atoms. The zero-order chi connectivity index (χ0) is 9.42. The minimum Gasteiger partial charge on any atom is -0.469 e. The molecular weight excluding hydrogens is 168 g/mol. The second-order valence-electron chi connectivity index (χ2n) is 4.16. The Hall–Kier alpha value is -0.860.